The molecule has 0 radical (unpaired) electrons. The Kier molecular flexibility index (Phi) is 4.65. The van der Waals surface area contributed by atoms with Crippen LogP contribution in [0, 0.1) is 11.3 Å². The molecule has 6 heteroatoms. The van der Waals surface area contributed by atoms with Crippen molar-refractivity contribution in [1.29, 1.82) is 5.26 Å². The summed E-state index contributed by atoms with van der Waals surface area (Å²) in [4.78, 5) is 17.3. The Morgan fingerprint density at radius 1 is 1.22 bits per heavy atom. The Balaban J connectivity index is 2.14. The first-order valence-corrected chi connectivity index (χ1v) is 8.29. The second-order valence-corrected chi connectivity index (χ2v) is 6.26. The fourth-order valence-corrected chi connectivity index (χ4v) is 3.18. The second kappa shape index (κ2) is 6.86. The molecule has 0 N–H and O–H groups in total. The van der Waals surface area contributed by atoms with E-state index in [2.05, 4.69) is 11.1 Å². The highest BCUT2D eigenvalue weighted by Crippen LogP contribution is 2.19. The zero-order chi connectivity index (χ0) is 16.2. The molecule has 4 nitrogen and oxygen atoms in total. The fourth-order valence-electron chi connectivity index (χ4n) is 2.31. The molecule has 0 aliphatic carbocycles. The SMILES string of the molecule is N#CCSc1nc2ccccc2c(=O)n1Cc1cccc(Cl)c1. The van der Waals surface area contributed by atoms with Crippen LogP contribution >= 0.6 is 23.4 Å². The van der Waals surface area contributed by atoms with Crippen molar-refractivity contribution in [3.8, 4) is 6.07 Å². The van der Waals surface area contributed by atoms with Gasteiger partial charge in [-0.2, -0.15) is 5.26 Å². The van der Waals surface area contributed by atoms with Gasteiger partial charge in [-0.3, -0.25) is 9.36 Å². The van der Waals surface area contributed by atoms with Crippen molar-refractivity contribution in [3.05, 3.63) is 69.5 Å². The molecule has 0 fully saturated rings. The predicted octanol–water partition coefficient (Wildman–Crippen LogP) is 3.71. The van der Waals surface area contributed by atoms with Crippen LogP contribution in [0.5, 0.6) is 0 Å². The number of aromatic nitrogens is 2. The maximum Gasteiger partial charge on any atom is 0.262 e. The summed E-state index contributed by atoms with van der Waals surface area (Å²) in [6.45, 7) is 0.366. The minimum Gasteiger partial charge on any atom is -0.283 e. The van der Waals surface area contributed by atoms with Crippen molar-refractivity contribution >= 4 is 34.3 Å². The zero-order valence-corrected chi connectivity index (χ0v) is 13.6. The molecular formula is C17H12ClN3OS. The lowest BCUT2D eigenvalue weighted by Crippen LogP contribution is -2.24. The van der Waals surface area contributed by atoms with E-state index >= 15 is 0 Å². The lowest BCUT2D eigenvalue weighted by atomic mass is 10.2. The highest BCUT2D eigenvalue weighted by atomic mass is 35.5. The van der Waals surface area contributed by atoms with Gasteiger partial charge < -0.3 is 0 Å². The number of rotatable bonds is 4. The maximum atomic E-state index is 12.8. The van der Waals surface area contributed by atoms with E-state index in [4.69, 9.17) is 16.9 Å². The third-order valence-electron chi connectivity index (χ3n) is 3.32. The molecule has 114 valence electrons. The Bertz CT molecular complexity index is 962. The number of thioether (sulfide) groups is 1. The van der Waals surface area contributed by atoms with Crippen LogP contribution in [0.15, 0.2) is 58.5 Å². The van der Waals surface area contributed by atoms with Gasteiger partial charge in [0.25, 0.3) is 5.56 Å². The largest absolute Gasteiger partial charge is 0.283 e. The Hall–Kier alpha value is -2.29. The minimum atomic E-state index is -0.115. The predicted molar refractivity (Wildman–Crippen MR) is 92.9 cm³/mol. The van der Waals surface area contributed by atoms with E-state index < -0.39 is 0 Å². The van der Waals surface area contributed by atoms with E-state index in [9.17, 15) is 4.79 Å². The molecule has 0 saturated carbocycles. The number of para-hydroxylation sites is 1. The summed E-state index contributed by atoms with van der Waals surface area (Å²) < 4.78 is 1.59. The minimum absolute atomic E-state index is 0.115. The second-order valence-electron chi connectivity index (χ2n) is 4.88. The van der Waals surface area contributed by atoms with Crippen molar-refractivity contribution in [1.82, 2.24) is 9.55 Å². The molecule has 0 unspecified atom stereocenters. The van der Waals surface area contributed by atoms with Gasteiger partial charge in [0.15, 0.2) is 5.16 Å². The third-order valence-corrected chi connectivity index (χ3v) is 4.40. The van der Waals surface area contributed by atoms with Gasteiger partial charge in [-0.05, 0) is 29.8 Å². The van der Waals surface area contributed by atoms with E-state index in [-0.39, 0.29) is 11.3 Å². The Labute approximate surface area is 142 Å². The van der Waals surface area contributed by atoms with E-state index in [1.165, 1.54) is 11.8 Å². The highest BCUT2D eigenvalue weighted by molar-refractivity contribution is 7.99. The number of fused-ring (bicyclic) bond motifs is 1. The van der Waals surface area contributed by atoms with Crippen LogP contribution in [0.25, 0.3) is 10.9 Å². The molecule has 0 aliphatic heterocycles. The number of halogens is 1. The quantitative estimate of drug-likeness (QED) is 0.536. The van der Waals surface area contributed by atoms with Gasteiger partial charge >= 0.3 is 0 Å². The van der Waals surface area contributed by atoms with Crippen molar-refractivity contribution < 1.29 is 0 Å². The summed E-state index contributed by atoms with van der Waals surface area (Å²) in [5.74, 6) is 0.236. The first-order valence-electron chi connectivity index (χ1n) is 6.93. The highest BCUT2D eigenvalue weighted by Gasteiger charge is 2.12. The van der Waals surface area contributed by atoms with E-state index in [1.54, 1.807) is 22.8 Å². The van der Waals surface area contributed by atoms with Gasteiger partial charge in [-0.25, -0.2) is 4.98 Å². The van der Waals surface area contributed by atoms with E-state index in [0.717, 1.165) is 5.56 Å². The van der Waals surface area contributed by atoms with Crippen molar-refractivity contribution in [2.45, 2.75) is 11.7 Å². The average Bonchev–Trinajstić information content (AvgIpc) is 2.56. The molecule has 0 bridgehead atoms. The maximum absolute atomic E-state index is 12.8. The molecule has 3 aromatic rings. The number of hydrogen-bond donors (Lipinski definition) is 0. The molecule has 0 spiro atoms. The van der Waals surface area contributed by atoms with Gasteiger partial charge in [0.05, 0.1) is 29.3 Å². The van der Waals surface area contributed by atoms with Gasteiger partial charge in [-0.15, -0.1) is 0 Å². The van der Waals surface area contributed by atoms with E-state index in [0.29, 0.717) is 27.6 Å². The number of hydrogen-bond acceptors (Lipinski definition) is 4. The Morgan fingerprint density at radius 3 is 2.83 bits per heavy atom. The number of benzene rings is 2. The third kappa shape index (κ3) is 3.39. The molecule has 23 heavy (non-hydrogen) atoms. The lowest BCUT2D eigenvalue weighted by molar-refractivity contribution is 0.658. The standard InChI is InChI=1S/C17H12ClN3OS/c18-13-5-3-4-12(10-13)11-21-16(22)14-6-1-2-7-15(14)20-17(21)23-9-8-19/h1-7,10H,9,11H2. The normalized spacial score (nSPS) is 10.6. The molecule has 0 amide bonds. The number of nitrogens with zero attached hydrogens (tertiary/aromatic N) is 3. The summed E-state index contributed by atoms with van der Waals surface area (Å²) in [6.07, 6.45) is 0. The summed E-state index contributed by atoms with van der Waals surface area (Å²) in [5.41, 5.74) is 1.44. The molecule has 0 saturated heterocycles. The van der Waals surface area contributed by atoms with Crippen LogP contribution in [0.1, 0.15) is 5.56 Å². The van der Waals surface area contributed by atoms with Crippen molar-refractivity contribution in [3.63, 3.8) is 0 Å². The fraction of sp³-hybridized carbons (Fsp3) is 0.118. The van der Waals surface area contributed by atoms with Crippen LogP contribution in [-0.2, 0) is 6.54 Å². The monoisotopic (exact) mass is 341 g/mol. The van der Waals surface area contributed by atoms with Gasteiger partial charge in [0, 0.05) is 5.02 Å². The molecule has 1 heterocycles. The first kappa shape index (κ1) is 15.6. The van der Waals surface area contributed by atoms with Gasteiger partial charge in [-0.1, -0.05) is 47.6 Å². The molecule has 0 atom stereocenters. The lowest BCUT2D eigenvalue weighted by Gasteiger charge is -2.12. The summed E-state index contributed by atoms with van der Waals surface area (Å²) >= 11 is 7.28. The van der Waals surface area contributed by atoms with E-state index in [1.807, 2.05) is 30.3 Å². The molecule has 2 aromatic carbocycles. The average molecular weight is 342 g/mol. The van der Waals surface area contributed by atoms with Crippen LogP contribution in [-0.4, -0.2) is 15.3 Å². The smallest absolute Gasteiger partial charge is 0.262 e. The molecule has 0 aliphatic rings. The van der Waals surface area contributed by atoms with Crippen LogP contribution in [0.2, 0.25) is 5.02 Å². The van der Waals surface area contributed by atoms with Gasteiger partial charge in [0.2, 0.25) is 0 Å². The molecule has 1 aromatic heterocycles. The van der Waals surface area contributed by atoms with Crippen LogP contribution in [0.4, 0.5) is 0 Å². The van der Waals surface area contributed by atoms with Crippen molar-refractivity contribution in [2.75, 3.05) is 5.75 Å². The molecular weight excluding hydrogens is 330 g/mol. The summed E-state index contributed by atoms with van der Waals surface area (Å²) in [5, 5.41) is 10.5. The summed E-state index contributed by atoms with van der Waals surface area (Å²) in [6, 6.07) is 16.7. The number of nitriles is 1. The van der Waals surface area contributed by atoms with Crippen molar-refractivity contribution in [2.24, 2.45) is 0 Å². The topological polar surface area (TPSA) is 58.7 Å². The zero-order valence-electron chi connectivity index (χ0n) is 12.1. The summed E-state index contributed by atoms with van der Waals surface area (Å²) in [7, 11) is 0. The van der Waals surface area contributed by atoms with Gasteiger partial charge in [0.1, 0.15) is 0 Å². The van der Waals surface area contributed by atoms with Crippen LogP contribution < -0.4 is 5.56 Å². The Morgan fingerprint density at radius 2 is 2.04 bits per heavy atom. The first-order chi connectivity index (χ1) is 11.2. The molecule has 3 rings (SSSR count). The van der Waals surface area contributed by atoms with Crippen LogP contribution in [0.3, 0.4) is 0 Å².